The molecular formula is C25H27ClN2O4S. The van der Waals surface area contributed by atoms with Crippen molar-refractivity contribution in [3.8, 4) is 5.75 Å². The Hall–Kier alpha value is -3.03. The molecule has 0 radical (unpaired) electrons. The van der Waals surface area contributed by atoms with Crippen molar-refractivity contribution in [1.82, 2.24) is 5.32 Å². The molecule has 0 aliphatic rings. The number of halogens is 1. The Labute approximate surface area is 200 Å². The number of sulfonamides is 1. The molecule has 0 aliphatic carbocycles. The SMILES string of the molecule is Cc1ccc(C)c(OCCNC(=O)c2ccc(CN(c3cccc(Cl)c3)S(C)(=O)=O)cc2)c1. The van der Waals surface area contributed by atoms with Gasteiger partial charge in [-0.25, -0.2) is 8.42 Å². The zero-order valence-corrected chi connectivity index (χ0v) is 20.4. The Morgan fingerprint density at radius 1 is 1.03 bits per heavy atom. The molecule has 0 aliphatic heterocycles. The lowest BCUT2D eigenvalue weighted by atomic mass is 10.1. The number of amides is 1. The smallest absolute Gasteiger partial charge is 0.251 e. The predicted molar refractivity (Wildman–Crippen MR) is 133 cm³/mol. The van der Waals surface area contributed by atoms with Crippen LogP contribution < -0.4 is 14.4 Å². The van der Waals surface area contributed by atoms with Gasteiger partial charge in [-0.15, -0.1) is 0 Å². The van der Waals surface area contributed by atoms with Crippen LogP contribution in [0, 0.1) is 13.8 Å². The molecule has 0 atom stereocenters. The third-order valence-corrected chi connectivity index (χ3v) is 6.40. The summed E-state index contributed by atoms with van der Waals surface area (Å²) in [5.41, 5.74) is 3.87. The van der Waals surface area contributed by atoms with E-state index in [0.717, 1.165) is 28.7 Å². The van der Waals surface area contributed by atoms with Crippen LogP contribution in [0.1, 0.15) is 27.0 Å². The molecule has 0 saturated heterocycles. The van der Waals surface area contributed by atoms with E-state index >= 15 is 0 Å². The Balaban J connectivity index is 1.58. The largest absolute Gasteiger partial charge is 0.491 e. The zero-order valence-electron chi connectivity index (χ0n) is 18.8. The summed E-state index contributed by atoms with van der Waals surface area (Å²) in [5, 5.41) is 3.29. The maximum absolute atomic E-state index is 12.4. The van der Waals surface area contributed by atoms with Crippen LogP contribution in [0.3, 0.4) is 0 Å². The fraction of sp³-hybridized carbons (Fsp3) is 0.240. The molecule has 3 rings (SSSR count). The number of benzene rings is 3. The number of hydrogen-bond acceptors (Lipinski definition) is 4. The van der Waals surface area contributed by atoms with E-state index in [1.54, 1.807) is 48.5 Å². The van der Waals surface area contributed by atoms with Crippen LogP contribution in [0.2, 0.25) is 5.02 Å². The lowest BCUT2D eigenvalue weighted by Crippen LogP contribution is -2.29. The van der Waals surface area contributed by atoms with Gasteiger partial charge < -0.3 is 10.1 Å². The van der Waals surface area contributed by atoms with Gasteiger partial charge in [0, 0.05) is 10.6 Å². The first kappa shape index (κ1) is 24.6. The molecule has 0 spiro atoms. The standard InChI is InChI=1S/C25H27ClN2O4S/c1-18-7-8-19(2)24(15-18)32-14-13-27-25(29)21-11-9-20(10-12-21)17-28(33(3,30)31)23-6-4-5-22(26)16-23/h4-12,15-16H,13-14,17H2,1-3H3,(H,27,29). The molecule has 3 aromatic carbocycles. The van der Waals surface area contributed by atoms with Crippen LogP contribution in [-0.4, -0.2) is 33.7 Å². The number of nitrogens with one attached hydrogen (secondary N) is 1. The number of rotatable bonds is 9. The molecular weight excluding hydrogens is 460 g/mol. The van der Waals surface area contributed by atoms with Crippen LogP contribution in [0.15, 0.2) is 66.7 Å². The van der Waals surface area contributed by atoms with E-state index in [2.05, 4.69) is 5.32 Å². The van der Waals surface area contributed by atoms with Gasteiger partial charge in [-0.05, 0) is 66.9 Å². The van der Waals surface area contributed by atoms with Crippen molar-refractivity contribution in [2.24, 2.45) is 0 Å². The number of nitrogens with zero attached hydrogens (tertiary/aromatic N) is 1. The molecule has 0 aromatic heterocycles. The van der Waals surface area contributed by atoms with Crippen molar-refractivity contribution < 1.29 is 17.9 Å². The maximum Gasteiger partial charge on any atom is 0.251 e. The minimum atomic E-state index is -3.52. The molecule has 0 bridgehead atoms. The van der Waals surface area contributed by atoms with Gasteiger partial charge in [0.15, 0.2) is 0 Å². The first-order valence-electron chi connectivity index (χ1n) is 10.4. The second kappa shape index (κ2) is 10.7. The summed E-state index contributed by atoms with van der Waals surface area (Å²) in [7, 11) is -3.52. The van der Waals surface area contributed by atoms with Crippen molar-refractivity contribution in [3.63, 3.8) is 0 Å². The Morgan fingerprint density at radius 2 is 1.76 bits per heavy atom. The first-order valence-corrected chi connectivity index (χ1v) is 12.7. The second-order valence-electron chi connectivity index (χ2n) is 7.82. The number of carbonyl (C=O) groups excluding carboxylic acids is 1. The Morgan fingerprint density at radius 3 is 2.42 bits per heavy atom. The van der Waals surface area contributed by atoms with Crippen LogP contribution in [0.5, 0.6) is 5.75 Å². The third-order valence-electron chi connectivity index (χ3n) is 5.03. The zero-order chi connectivity index (χ0) is 24.0. The van der Waals surface area contributed by atoms with Crippen molar-refractivity contribution in [2.75, 3.05) is 23.7 Å². The molecule has 0 saturated carbocycles. The van der Waals surface area contributed by atoms with Crippen molar-refractivity contribution in [2.45, 2.75) is 20.4 Å². The number of hydrogen-bond donors (Lipinski definition) is 1. The maximum atomic E-state index is 12.4. The predicted octanol–water partition coefficient (Wildman–Crippen LogP) is 4.73. The molecule has 0 fully saturated rings. The van der Waals surface area contributed by atoms with Gasteiger partial charge in [-0.3, -0.25) is 9.10 Å². The van der Waals surface area contributed by atoms with Gasteiger partial charge in [-0.2, -0.15) is 0 Å². The molecule has 1 amide bonds. The summed E-state index contributed by atoms with van der Waals surface area (Å²) in [6.07, 6.45) is 1.15. The van der Waals surface area contributed by atoms with E-state index < -0.39 is 10.0 Å². The van der Waals surface area contributed by atoms with Crippen LogP contribution in [-0.2, 0) is 16.6 Å². The fourth-order valence-corrected chi connectivity index (χ4v) is 4.31. The van der Waals surface area contributed by atoms with Gasteiger partial charge >= 0.3 is 0 Å². The number of carbonyl (C=O) groups is 1. The minimum absolute atomic E-state index is 0.130. The van der Waals surface area contributed by atoms with Gasteiger partial charge in [0.25, 0.3) is 5.91 Å². The topological polar surface area (TPSA) is 75.7 Å². The lowest BCUT2D eigenvalue weighted by molar-refractivity contribution is 0.0947. The van der Waals surface area contributed by atoms with E-state index in [4.69, 9.17) is 16.3 Å². The average molecular weight is 487 g/mol. The molecule has 1 N–H and O–H groups in total. The number of ether oxygens (including phenoxy) is 1. The van der Waals surface area contributed by atoms with E-state index in [-0.39, 0.29) is 12.5 Å². The van der Waals surface area contributed by atoms with Crippen LogP contribution in [0.25, 0.3) is 0 Å². The summed E-state index contributed by atoms with van der Waals surface area (Å²) in [6, 6.07) is 19.5. The third kappa shape index (κ3) is 6.97. The molecule has 6 nitrogen and oxygen atoms in total. The van der Waals surface area contributed by atoms with Gasteiger partial charge in [0.1, 0.15) is 12.4 Å². The van der Waals surface area contributed by atoms with E-state index in [1.165, 1.54) is 4.31 Å². The summed E-state index contributed by atoms with van der Waals surface area (Å²) in [5.74, 6) is 0.588. The second-order valence-corrected chi connectivity index (χ2v) is 10.2. The van der Waals surface area contributed by atoms with Crippen molar-refractivity contribution in [1.29, 1.82) is 0 Å². The normalized spacial score (nSPS) is 11.2. The summed E-state index contributed by atoms with van der Waals surface area (Å²) >= 11 is 6.02. The van der Waals surface area contributed by atoms with E-state index in [0.29, 0.717) is 29.4 Å². The average Bonchev–Trinajstić information content (AvgIpc) is 2.76. The molecule has 174 valence electrons. The Bertz CT molecular complexity index is 1230. The van der Waals surface area contributed by atoms with Crippen LogP contribution in [0.4, 0.5) is 5.69 Å². The van der Waals surface area contributed by atoms with E-state index in [9.17, 15) is 13.2 Å². The summed E-state index contributed by atoms with van der Waals surface area (Å²) < 4.78 is 31.7. The van der Waals surface area contributed by atoms with Crippen LogP contribution >= 0.6 is 11.6 Å². The fourth-order valence-electron chi connectivity index (χ4n) is 3.25. The summed E-state index contributed by atoms with van der Waals surface area (Å²) in [6.45, 7) is 4.83. The molecule has 0 heterocycles. The quantitative estimate of drug-likeness (QED) is 0.443. The van der Waals surface area contributed by atoms with Gasteiger partial charge in [0.2, 0.25) is 10.0 Å². The first-order chi connectivity index (χ1) is 15.6. The summed E-state index contributed by atoms with van der Waals surface area (Å²) in [4.78, 5) is 12.4. The highest BCUT2D eigenvalue weighted by molar-refractivity contribution is 7.92. The van der Waals surface area contributed by atoms with Gasteiger partial charge in [0.05, 0.1) is 25.0 Å². The van der Waals surface area contributed by atoms with Gasteiger partial charge in [-0.1, -0.05) is 41.9 Å². The highest BCUT2D eigenvalue weighted by Crippen LogP contribution is 2.24. The molecule has 8 heteroatoms. The highest BCUT2D eigenvalue weighted by atomic mass is 35.5. The lowest BCUT2D eigenvalue weighted by Gasteiger charge is -2.22. The molecule has 33 heavy (non-hydrogen) atoms. The van der Waals surface area contributed by atoms with Crippen molar-refractivity contribution >= 4 is 33.2 Å². The monoisotopic (exact) mass is 486 g/mol. The van der Waals surface area contributed by atoms with E-state index in [1.807, 2.05) is 32.0 Å². The Kier molecular flexibility index (Phi) is 8.00. The molecule has 0 unspecified atom stereocenters. The minimum Gasteiger partial charge on any atom is -0.491 e. The van der Waals surface area contributed by atoms with Crippen molar-refractivity contribution in [3.05, 3.63) is 94.0 Å². The number of anilines is 1. The molecule has 3 aromatic rings. The number of aryl methyl sites for hydroxylation is 2. The highest BCUT2D eigenvalue weighted by Gasteiger charge is 2.18.